The van der Waals surface area contributed by atoms with Crippen molar-refractivity contribution in [3.05, 3.63) is 40.8 Å². The fraction of sp³-hybridized carbons (Fsp3) is 0.0909. The zero-order valence-electron chi connectivity index (χ0n) is 9.27. The molecule has 8 heteroatoms. The molecule has 0 saturated carbocycles. The summed E-state index contributed by atoms with van der Waals surface area (Å²) in [5.41, 5.74) is 4.45. The number of nitrogens with zero attached hydrogens (tertiary/aromatic N) is 1. The van der Waals surface area contributed by atoms with Crippen molar-refractivity contribution in [2.75, 3.05) is 5.73 Å². The maximum atomic E-state index is 12.5. The van der Waals surface area contributed by atoms with Gasteiger partial charge in [0.25, 0.3) is 0 Å². The van der Waals surface area contributed by atoms with E-state index in [4.69, 9.17) is 10.5 Å². The average molecular weight is 288 g/mol. The molecule has 0 spiro atoms. The van der Waals surface area contributed by atoms with E-state index in [0.29, 0.717) is 0 Å². The van der Waals surface area contributed by atoms with E-state index in [0.717, 1.165) is 29.7 Å². The highest BCUT2D eigenvalue weighted by atomic mass is 32.1. The van der Waals surface area contributed by atoms with Crippen LogP contribution in [0.25, 0.3) is 0 Å². The Balaban J connectivity index is 2.18. The predicted molar refractivity (Wildman–Crippen MR) is 62.9 cm³/mol. The maximum Gasteiger partial charge on any atom is 0.416 e. The first-order valence-corrected chi connectivity index (χ1v) is 5.75. The molecule has 0 fully saturated rings. The molecule has 2 N–H and O–H groups in total. The largest absolute Gasteiger partial charge is 0.422 e. The molecule has 2 rings (SSSR count). The first kappa shape index (κ1) is 13.3. The number of aromatic nitrogens is 1. The first-order valence-electron chi connectivity index (χ1n) is 4.98. The molecule has 0 amide bonds. The lowest BCUT2D eigenvalue weighted by atomic mass is 10.2. The number of ether oxygens (including phenoxy) is 1. The minimum Gasteiger partial charge on any atom is -0.422 e. The summed E-state index contributed by atoms with van der Waals surface area (Å²) in [6.07, 6.45) is -4.49. The van der Waals surface area contributed by atoms with Crippen molar-refractivity contribution in [2.24, 2.45) is 0 Å². The smallest absolute Gasteiger partial charge is 0.416 e. The highest BCUT2D eigenvalue weighted by molar-refractivity contribution is 7.08. The Morgan fingerprint density at radius 3 is 2.63 bits per heavy atom. The molecule has 1 heterocycles. The van der Waals surface area contributed by atoms with Gasteiger partial charge in [0.1, 0.15) is 16.4 Å². The van der Waals surface area contributed by atoms with Crippen molar-refractivity contribution in [1.29, 1.82) is 0 Å². The van der Waals surface area contributed by atoms with Crippen molar-refractivity contribution in [3.63, 3.8) is 0 Å². The quantitative estimate of drug-likeness (QED) is 0.681. The zero-order chi connectivity index (χ0) is 14.0. The number of hydrogen-bond donors (Lipinski definition) is 1. The molecule has 19 heavy (non-hydrogen) atoms. The predicted octanol–water partition coefficient (Wildman–Crippen LogP) is 2.96. The van der Waals surface area contributed by atoms with Gasteiger partial charge in [-0.05, 0) is 29.7 Å². The SMILES string of the molecule is Nc1cc(C(=O)Oc2cccc(C(F)(F)F)c2)sn1. The highest BCUT2D eigenvalue weighted by Crippen LogP contribution is 2.31. The summed E-state index contributed by atoms with van der Waals surface area (Å²) < 4.78 is 45.9. The van der Waals surface area contributed by atoms with E-state index >= 15 is 0 Å². The maximum absolute atomic E-state index is 12.5. The number of nitrogens with two attached hydrogens (primary N) is 1. The molecule has 0 unspecified atom stereocenters. The third kappa shape index (κ3) is 3.22. The molecule has 0 aliphatic rings. The van der Waals surface area contributed by atoms with Gasteiger partial charge in [-0.1, -0.05) is 6.07 Å². The zero-order valence-corrected chi connectivity index (χ0v) is 10.1. The van der Waals surface area contributed by atoms with Crippen LogP contribution in [0.4, 0.5) is 19.0 Å². The standard InChI is InChI=1S/C11H7F3N2O2S/c12-11(13,14)6-2-1-3-7(4-6)18-10(17)8-5-9(15)16-19-8/h1-5H,(H2,15,16). The third-order valence-electron chi connectivity index (χ3n) is 2.10. The van der Waals surface area contributed by atoms with Gasteiger partial charge >= 0.3 is 12.1 Å². The van der Waals surface area contributed by atoms with Crippen LogP contribution in [0.2, 0.25) is 0 Å². The number of nitrogen functional groups attached to an aromatic ring is 1. The summed E-state index contributed by atoms with van der Waals surface area (Å²) in [6.45, 7) is 0. The number of halogens is 3. The van der Waals surface area contributed by atoms with Crippen LogP contribution in [0, 0.1) is 0 Å². The summed E-state index contributed by atoms with van der Waals surface area (Å²) in [7, 11) is 0. The number of alkyl halides is 3. The number of carbonyl (C=O) groups is 1. The van der Waals surface area contributed by atoms with Crippen LogP contribution in [0.1, 0.15) is 15.2 Å². The molecule has 4 nitrogen and oxygen atoms in total. The van der Waals surface area contributed by atoms with E-state index < -0.39 is 17.7 Å². The number of hydrogen-bond acceptors (Lipinski definition) is 5. The Labute approximate surface area is 109 Å². The minimum absolute atomic E-state index is 0.120. The van der Waals surface area contributed by atoms with Gasteiger partial charge < -0.3 is 10.5 Å². The van der Waals surface area contributed by atoms with E-state index in [-0.39, 0.29) is 16.4 Å². The normalized spacial score (nSPS) is 11.3. The van der Waals surface area contributed by atoms with E-state index in [2.05, 4.69) is 4.37 Å². The fourth-order valence-electron chi connectivity index (χ4n) is 1.28. The van der Waals surface area contributed by atoms with Gasteiger partial charge in [0.05, 0.1) is 5.56 Å². The number of carbonyl (C=O) groups excluding carboxylic acids is 1. The average Bonchev–Trinajstić information content (AvgIpc) is 2.75. The molecule has 0 atom stereocenters. The van der Waals surface area contributed by atoms with Crippen LogP contribution in [-0.2, 0) is 6.18 Å². The van der Waals surface area contributed by atoms with Crippen LogP contribution >= 0.6 is 11.5 Å². The Bertz CT molecular complexity index is 610. The van der Waals surface area contributed by atoms with Gasteiger partial charge in [0, 0.05) is 6.07 Å². The van der Waals surface area contributed by atoms with Crippen LogP contribution in [0.3, 0.4) is 0 Å². The molecule has 0 bridgehead atoms. The summed E-state index contributed by atoms with van der Waals surface area (Å²) in [4.78, 5) is 11.7. The minimum atomic E-state index is -4.49. The van der Waals surface area contributed by atoms with E-state index in [1.165, 1.54) is 12.1 Å². The Hall–Kier alpha value is -2.09. The third-order valence-corrected chi connectivity index (χ3v) is 2.88. The highest BCUT2D eigenvalue weighted by Gasteiger charge is 2.30. The number of esters is 1. The van der Waals surface area contributed by atoms with E-state index in [1.807, 2.05) is 0 Å². The summed E-state index contributed by atoms with van der Waals surface area (Å²) in [6, 6.07) is 5.36. The summed E-state index contributed by atoms with van der Waals surface area (Å²) in [5.74, 6) is -0.832. The molecular weight excluding hydrogens is 281 g/mol. The molecule has 0 aliphatic carbocycles. The topological polar surface area (TPSA) is 65.2 Å². The summed E-state index contributed by atoms with van der Waals surface area (Å²) in [5, 5.41) is 0. The van der Waals surface area contributed by atoms with Crippen molar-refractivity contribution in [1.82, 2.24) is 4.37 Å². The molecule has 0 aliphatic heterocycles. The van der Waals surface area contributed by atoms with Gasteiger partial charge in [-0.2, -0.15) is 17.5 Å². The number of anilines is 1. The number of rotatable bonds is 2. The van der Waals surface area contributed by atoms with Gasteiger partial charge in [-0.25, -0.2) is 4.79 Å². The first-order chi connectivity index (χ1) is 8.86. The second-order valence-corrected chi connectivity index (χ2v) is 4.34. The second kappa shape index (κ2) is 4.88. The van der Waals surface area contributed by atoms with Crippen LogP contribution < -0.4 is 10.5 Å². The second-order valence-electron chi connectivity index (χ2n) is 3.53. The lowest BCUT2D eigenvalue weighted by molar-refractivity contribution is -0.137. The monoisotopic (exact) mass is 288 g/mol. The van der Waals surface area contributed by atoms with Crippen molar-refractivity contribution in [3.8, 4) is 5.75 Å². The molecule has 1 aromatic carbocycles. The van der Waals surface area contributed by atoms with Crippen LogP contribution in [0.15, 0.2) is 30.3 Å². The lowest BCUT2D eigenvalue weighted by Crippen LogP contribution is -2.09. The van der Waals surface area contributed by atoms with E-state index in [9.17, 15) is 18.0 Å². The van der Waals surface area contributed by atoms with E-state index in [1.54, 1.807) is 0 Å². The molecule has 100 valence electrons. The van der Waals surface area contributed by atoms with Crippen LogP contribution in [0.5, 0.6) is 5.75 Å². The van der Waals surface area contributed by atoms with Crippen molar-refractivity contribution in [2.45, 2.75) is 6.18 Å². The molecule has 0 saturated heterocycles. The Morgan fingerprint density at radius 1 is 1.32 bits per heavy atom. The van der Waals surface area contributed by atoms with Crippen molar-refractivity contribution >= 4 is 23.3 Å². The molecule has 1 aromatic heterocycles. The van der Waals surface area contributed by atoms with Gasteiger partial charge in [0.2, 0.25) is 0 Å². The lowest BCUT2D eigenvalue weighted by Gasteiger charge is -2.08. The molecule has 2 aromatic rings. The van der Waals surface area contributed by atoms with Crippen molar-refractivity contribution < 1.29 is 22.7 Å². The fourth-order valence-corrected chi connectivity index (χ4v) is 1.82. The van der Waals surface area contributed by atoms with Gasteiger partial charge in [-0.3, -0.25) is 0 Å². The number of benzene rings is 1. The van der Waals surface area contributed by atoms with Gasteiger partial charge in [0.15, 0.2) is 0 Å². The van der Waals surface area contributed by atoms with Gasteiger partial charge in [-0.15, -0.1) is 0 Å². The molecular formula is C11H7F3N2O2S. The Morgan fingerprint density at radius 2 is 2.05 bits per heavy atom. The molecule has 0 radical (unpaired) electrons. The Kier molecular flexibility index (Phi) is 3.43. The summed E-state index contributed by atoms with van der Waals surface area (Å²) >= 11 is 0.815. The van der Waals surface area contributed by atoms with Crippen LogP contribution in [-0.4, -0.2) is 10.3 Å².